The van der Waals surface area contributed by atoms with Crippen LogP contribution in [0.1, 0.15) is 11.1 Å². The highest BCUT2D eigenvalue weighted by Gasteiger charge is 2.02. The maximum Gasteiger partial charge on any atom is 0.191 e. The number of methoxy groups -OCH3 is 1. The van der Waals surface area contributed by atoms with Crippen molar-refractivity contribution in [2.45, 2.75) is 13.1 Å². The maximum absolute atomic E-state index is 5.71. The maximum atomic E-state index is 5.71. The van der Waals surface area contributed by atoms with E-state index in [9.17, 15) is 0 Å². The van der Waals surface area contributed by atoms with Gasteiger partial charge in [-0.2, -0.15) is 5.10 Å². The lowest BCUT2D eigenvalue weighted by atomic mass is 10.1. The van der Waals surface area contributed by atoms with Crippen molar-refractivity contribution >= 4 is 5.96 Å². The first kappa shape index (κ1) is 20.2. The fourth-order valence-electron chi connectivity index (χ4n) is 2.76. The van der Waals surface area contributed by atoms with E-state index in [2.05, 4.69) is 43.9 Å². The number of nitrogens with zero attached hydrogens (tertiary/aromatic N) is 4. The molecule has 0 radical (unpaired) electrons. The largest absolute Gasteiger partial charge is 0.497 e. The van der Waals surface area contributed by atoms with Gasteiger partial charge in [0.25, 0.3) is 0 Å². The van der Waals surface area contributed by atoms with Gasteiger partial charge in [0, 0.05) is 13.6 Å². The quantitative estimate of drug-likeness (QED) is 0.328. The zero-order valence-electron chi connectivity index (χ0n) is 16.7. The molecular weight excluding hydrogens is 368 g/mol. The highest BCUT2D eigenvalue weighted by molar-refractivity contribution is 5.79. The van der Waals surface area contributed by atoms with Gasteiger partial charge in [-0.15, -0.1) is 0 Å². The highest BCUT2D eigenvalue weighted by Crippen LogP contribution is 2.16. The Balaban J connectivity index is 1.40. The molecule has 1 aromatic heterocycles. The van der Waals surface area contributed by atoms with Crippen molar-refractivity contribution < 1.29 is 9.47 Å². The molecule has 29 heavy (non-hydrogen) atoms. The van der Waals surface area contributed by atoms with Crippen molar-refractivity contribution in [3.63, 3.8) is 0 Å². The number of rotatable bonds is 9. The summed E-state index contributed by atoms with van der Waals surface area (Å²) in [5.41, 5.74) is 2.34. The third kappa shape index (κ3) is 6.53. The predicted molar refractivity (Wildman–Crippen MR) is 112 cm³/mol. The van der Waals surface area contributed by atoms with Gasteiger partial charge in [-0.3, -0.25) is 4.99 Å². The zero-order valence-corrected chi connectivity index (χ0v) is 16.7. The fourth-order valence-corrected chi connectivity index (χ4v) is 2.76. The summed E-state index contributed by atoms with van der Waals surface area (Å²) in [5, 5.41) is 10.7. The molecule has 8 nitrogen and oxygen atoms in total. The predicted octanol–water partition coefficient (Wildman–Crippen LogP) is 2.08. The second-order valence-electron chi connectivity index (χ2n) is 6.29. The van der Waals surface area contributed by atoms with Crippen LogP contribution in [0.3, 0.4) is 0 Å². The molecule has 0 aliphatic carbocycles. The normalized spacial score (nSPS) is 11.2. The van der Waals surface area contributed by atoms with Crippen LogP contribution >= 0.6 is 0 Å². The van der Waals surface area contributed by atoms with Crippen LogP contribution in [0.4, 0.5) is 0 Å². The van der Waals surface area contributed by atoms with Crippen LogP contribution in [0.5, 0.6) is 11.5 Å². The molecule has 0 amide bonds. The molecule has 0 atom stereocenters. The minimum absolute atomic E-state index is 0.528. The van der Waals surface area contributed by atoms with Crippen molar-refractivity contribution in [1.29, 1.82) is 0 Å². The Bertz CT molecular complexity index is 894. The number of hydrogen-bond acceptors (Lipinski definition) is 5. The molecule has 0 fully saturated rings. The molecule has 2 N–H and O–H groups in total. The first-order valence-corrected chi connectivity index (χ1v) is 9.38. The van der Waals surface area contributed by atoms with Gasteiger partial charge in [-0.1, -0.05) is 24.3 Å². The lowest BCUT2D eigenvalue weighted by molar-refractivity contribution is 0.321. The molecule has 0 aliphatic rings. The number of hydrogen-bond donors (Lipinski definition) is 2. The van der Waals surface area contributed by atoms with Gasteiger partial charge >= 0.3 is 0 Å². The van der Waals surface area contributed by atoms with Crippen molar-refractivity contribution in [3.05, 3.63) is 72.3 Å². The summed E-state index contributed by atoms with van der Waals surface area (Å²) >= 11 is 0. The van der Waals surface area contributed by atoms with Crippen molar-refractivity contribution in [2.24, 2.45) is 4.99 Å². The number of guanidine groups is 1. The summed E-state index contributed by atoms with van der Waals surface area (Å²) in [4.78, 5) is 8.23. The first-order valence-electron chi connectivity index (χ1n) is 9.38. The number of aliphatic imine (C=N–C) groups is 1. The summed E-state index contributed by atoms with van der Waals surface area (Å²) in [6.45, 7) is 2.53. The van der Waals surface area contributed by atoms with Crippen LogP contribution in [0, 0.1) is 0 Å². The minimum atomic E-state index is 0.528. The molecule has 3 rings (SSSR count). The van der Waals surface area contributed by atoms with Gasteiger partial charge < -0.3 is 20.1 Å². The summed E-state index contributed by atoms with van der Waals surface area (Å²) in [6, 6.07) is 15.9. The topological polar surface area (TPSA) is 85.6 Å². The van der Waals surface area contributed by atoms with Crippen molar-refractivity contribution in [2.75, 3.05) is 27.3 Å². The molecule has 0 aliphatic heterocycles. The SMILES string of the molecule is CN=C(NCCOc1ccc(OC)cc1)NCc1cccc(Cn2cncn2)c1. The lowest BCUT2D eigenvalue weighted by Crippen LogP contribution is -2.38. The zero-order chi connectivity index (χ0) is 20.3. The summed E-state index contributed by atoms with van der Waals surface area (Å²) in [6.07, 6.45) is 3.25. The second-order valence-corrected chi connectivity index (χ2v) is 6.29. The average Bonchev–Trinajstić information content (AvgIpc) is 3.27. The molecule has 3 aromatic rings. The summed E-state index contributed by atoms with van der Waals surface area (Å²) in [7, 11) is 3.40. The molecule has 8 heteroatoms. The highest BCUT2D eigenvalue weighted by atomic mass is 16.5. The van der Waals surface area contributed by atoms with Crippen LogP contribution in [-0.2, 0) is 13.1 Å². The van der Waals surface area contributed by atoms with E-state index in [1.807, 2.05) is 30.3 Å². The van der Waals surface area contributed by atoms with Crippen LogP contribution in [0.2, 0.25) is 0 Å². The van der Waals surface area contributed by atoms with Crippen molar-refractivity contribution in [3.8, 4) is 11.5 Å². The van der Waals surface area contributed by atoms with Crippen molar-refractivity contribution in [1.82, 2.24) is 25.4 Å². The molecule has 2 aromatic carbocycles. The monoisotopic (exact) mass is 394 g/mol. The van der Waals surface area contributed by atoms with E-state index in [1.54, 1.807) is 31.5 Å². The third-order valence-electron chi connectivity index (χ3n) is 4.21. The Morgan fingerprint density at radius 2 is 1.86 bits per heavy atom. The van der Waals surface area contributed by atoms with E-state index in [4.69, 9.17) is 9.47 Å². The van der Waals surface area contributed by atoms with Crippen LogP contribution < -0.4 is 20.1 Å². The Kier molecular flexibility index (Phi) is 7.45. The Morgan fingerprint density at radius 3 is 2.59 bits per heavy atom. The van der Waals surface area contributed by atoms with Gasteiger partial charge in [-0.25, -0.2) is 9.67 Å². The second kappa shape index (κ2) is 10.7. The van der Waals surface area contributed by atoms with E-state index in [-0.39, 0.29) is 0 Å². The molecule has 0 saturated heterocycles. The smallest absolute Gasteiger partial charge is 0.191 e. The van der Waals surface area contributed by atoms with Gasteiger partial charge in [0.05, 0.1) is 20.2 Å². The fraction of sp³-hybridized carbons (Fsp3) is 0.286. The average molecular weight is 394 g/mol. The molecule has 0 bridgehead atoms. The van der Waals surface area contributed by atoms with Crippen LogP contribution in [-0.4, -0.2) is 48.0 Å². The minimum Gasteiger partial charge on any atom is -0.497 e. The van der Waals surface area contributed by atoms with Crippen LogP contribution in [0.15, 0.2) is 66.2 Å². The first-order chi connectivity index (χ1) is 14.3. The molecular formula is C21H26N6O2. The molecule has 0 unspecified atom stereocenters. The van der Waals surface area contributed by atoms with E-state index >= 15 is 0 Å². The van der Waals surface area contributed by atoms with E-state index < -0.39 is 0 Å². The Morgan fingerprint density at radius 1 is 1.07 bits per heavy atom. The van der Waals surface area contributed by atoms with E-state index in [0.717, 1.165) is 17.5 Å². The van der Waals surface area contributed by atoms with Gasteiger partial charge in [0.1, 0.15) is 30.8 Å². The molecule has 0 saturated carbocycles. The Hall–Kier alpha value is -3.55. The number of benzene rings is 2. The summed E-state index contributed by atoms with van der Waals surface area (Å²) < 4.78 is 12.7. The van der Waals surface area contributed by atoms with E-state index in [0.29, 0.717) is 26.2 Å². The van der Waals surface area contributed by atoms with E-state index in [1.165, 1.54) is 11.1 Å². The van der Waals surface area contributed by atoms with Gasteiger partial charge in [-0.05, 0) is 35.4 Å². The molecule has 1 heterocycles. The van der Waals surface area contributed by atoms with Gasteiger partial charge in [0.15, 0.2) is 5.96 Å². The standard InChI is InChI=1S/C21H26N6O2/c1-22-21(24-10-11-29-20-8-6-19(28-2)7-9-20)25-13-17-4-3-5-18(12-17)14-27-16-23-15-26-27/h3-9,12,15-16H,10-11,13-14H2,1-2H3,(H2,22,24,25). The lowest BCUT2D eigenvalue weighted by Gasteiger charge is -2.13. The summed E-state index contributed by atoms with van der Waals surface area (Å²) in [5.74, 6) is 2.34. The van der Waals surface area contributed by atoms with Gasteiger partial charge in [0.2, 0.25) is 0 Å². The van der Waals surface area contributed by atoms with Crippen LogP contribution in [0.25, 0.3) is 0 Å². The molecule has 152 valence electrons. The Labute approximate surface area is 170 Å². The number of aromatic nitrogens is 3. The number of nitrogens with one attached hydrogen (secondary N) is 2. The number of ether oxygens (including phenoxy) is 2. The third-order valence-corrected chi connectivity index (χ3v) is 4.21. The molecule has 0 spiro atoms.